The molecule has 0 saturated carbocycles. The zero-order valence-corrected chi connectivity index (χ0v) is 13.2. The molecule has 0 unspecified atom stereocenters. The maximum Gasteiger partial charge on any atom is 0.343 e. The summed E-state index contributed by atoms with van der Waals surface area (Å²) in [7, 11) is 0. The summed E-state index contributed by atoms with van der Waals surface area (Å²) in [5, 5.41) is 2.55. The number of hydrogen-bond donors (Lipinski definition) is 1. The van der Waals surface area contributed by atoms with Crippen molar-refractivity contribution in [2.45, 2.75) is 13.5 Å². The molecule has 1 N–H and O–H groups in total. The predicted octanol–water partition coefficient (Wildman–Crippen LogP) is 3.26. The van der Waals surface area contributed by atoms with Crippen LogP contribution in [0.2, 0.25) is 5.02 Å². The highest BCUT2D eigenvalue weighted by molar-refractivity contribution is 6.33. The number of hydrogen-bond acceptors (Lipinski definition) is 3. The summed E-state index contributed by atoms with van der Waals surface area (Å²) in [5.41, 5.74) is 1.67. The van der Waals surface area contributed by atoms with Gasteiger partial charge in [0.1, 0.15) is 11.4 Å². The molecule has 2 aromatic carbocycles. The minimum atomic E-state index is -0.974. The topological polar surface area (TPSA) is 55.4 Å². The van der Waals surface area contributed by atoms with E-state index >= 15 is 0 Å². The number of carbonyl (C=O) groups excluding carboxylic acids is 2. The smallest absolute Gasteiger partial charge is 0.343 e. The average molecular weight is 336 g/mol. The van der Waals surface area contributed by atoms with Crippen molar-refractivity contribution in [2.75, 3.05) is 6.61 Å². The van der Waals surface area contributed by atoms with E-state index in [-0.39, 0.29) is 10.6 Å². The van der Waals surface area contributed by atoms with Crippen molar-refractivity contribution in [3.8, 4) is 0 Å². The average Bonchev–Trinajstić information content (AvgIpc) is 2.52. The van der Waals surface area contributed by atoms with Crippen LogP contribution in [0, 0.1) is 12.7 Å². The molecule has 0 fully saturated rings. The summed E-state index contributed by atoms with van der Waals surface area (Å²) >= 11 is 5.75. The lowest BCUT2D eigenvalue weighted by molar-refractivity contribution is -0.124. The highest BCUT2D eigenvalue weighted by Crippen LogP contribution is 2.19. The van der Waals surface area contributed by atoms with Gasteiger partial charge in [0, 0.05) is 6.54 Å². The summed E-state index contributed by atoms with van der Waals surface area (Å²) in [6.45, 7) is 1.78. The summed E-state index contributed by atoms with van der Waals surface area (Å²) in [6, 6.07) is 11.5. The third-order valence-electron chi connectivity index (χ3n) is 3.11. The third kappa shape index (κ3) is 4.79. The number of carbonyl (C=O) groups is 2. The molecule has 0 aliphatic rings. The van der Waals surface area contributed by atoms with Crippen LogP contribution in [0.4, 0.5) is 4.39 Å². The van der Waals surface area contributed by atoms with E-state index < -0.39 is 24.3 Å². The van der Waals surface area contributed by atoms with Crippen molar-refractivity contribution in [2.24, 2.45) is 0 Å². The molecule has 0 heterocycles. The first kappa shape index (κ1) is 17.0. The summed E-state index contributed by atoms with van der Waals surface area (Å²) in [6.07, 6.45) is 0. The van der Waals surface area contributed by atoms with E-state index in [1.807, 2.05) is 31.2 Å². The molecule has 0 aliphatic carbocycles. The second-order valence-electron chi connectivity index (χ2n) is 4.94. The number of amides is 1. The highest BCUT2D eigenvalue weighted by Gasteiger charge is 2.18. The van der Waals surface area contributed by atoms with Crippen LogP contribution >= 0.6 is 11.6 Å². The molecular formula is C17H15ClFNO3. The van der Waals surface area contributed by atoms with E-state index in [0.29, 0.717) is 6.54 Å². The minimum absolute atomic E-state index is 0.0601. The van der Waals surface area contributed by atoms with Crippen molar-refractivity contribution >= 4 is 23.5 Å². The van der Waals surface area contributed by atoms with Crippen LogP contribution in [0.3, 0.4) is 0 Å². The number of ether oxygens (including phenoxy) is 1. The van der Waals surface area contributed by atoms with Gasteiger partial charge in [-0.25, -0.2) is 9.18 Å². The van der Waals surface area contributed by atoms with Crippen LogP contribution in [0.5, 0.6) is 0 Å². The van der Waals surface area contributed by atoms with Gasteiger partial charge in [0.05, 0.1) is 5.02 Å². The molecule has 2 rings (SSSR count). The van der Waals surface area contributed by atoms with Crippen LogP contribution in [0.25, 0.3) is 0 Å². The molecule has 4 nitrogen and oxygen atoms in total. The van der Waals surface area contributed by atoms with Gasteiger partial charge in [-0.15, -0.1) is 0 Å². The van der Waals surface area contributed by atoms with Crippen molar-refractivity contribution in [3.63, 3.8) is 0 Å². The Labute approximate surface area is 138 Å². The molecule has 0 saturated heterocycles. The van der Waals surface area contributed by atoms with E-state index in [4.69, 9.17) is 16.3 Å². The van der Waals surface area contributed by atoms with E-state index in [9.17, 15) is 14.0 Å². The monoisotopic (exact) mass is 335 g/mol. The quantitative estimate of drug-likeness (QED) is 0.853. The molecule has 0 radical (unpaired) electrons. The molecule has 0 bridgehead atoms. The Balaban J connectivity index is 1.84. The molecule has 0 aromatic heterocycles. The third-order valence-corrected chi connectivity index (χ3v) is 3.43. The van der Waals surface area contributed by atoms with Gasteiger partial charge in [-0.2, -0.15) is 0 Å². The maximum absolute atomic E-state index is 13.5. The van der Waals surface area contributed by atoms with Gasteiger partial charge in [0.25, 0.3) is 5.91 Å². The molecule has 0 spiro atoms. The Hall–Kier alpha value is -2.40. The highest BCUT2D eigenvalue weighted by atomic mass is 35.5. The summed E-state index contributed by atoms with van der Waals surface area (Å²) in [5.74, 6) is -2.24. The number of rotatable bonds is 5. The number of nitrogens with one attached hydrogen (secondary N) is 1. The van der Waals surface area contributed by atoms with Gasteiger partial charge in [0.2, 0.25) is 0 Å². The molecule has 1 amide bonds. The van der Waals surface area contributed by atoms with E-state index in [1.54, 1.807) is 0 Å². The van der Waals surface area contributed by atoms with Crippen molar-refractivity contribution in [3.05, 3.63) is 70.0 Å². The standard InChI is InChI=1S/C17H15ClFNO3/c1-11-5-7-12(8-6-11)9-20-15(21)10-23-17(22)16-13(18)3-2-4-14(16)19/h2-8H,9-10H2,1H3,(H,20,21). The van der Waals surface area contributed by atoms with E-state index in [1.165, 1.54) is 12.1 Å². The minimum Gasteiger partial charge on any atom is -0.452 e. The van der Waals surface area contributed by atoms with Crippen LogP contribution < -0.4 is 5.32 Å². The molecule has 0 atom stereocenters. The van der Waals surface area contributed by atoms with E-state index in [0.717, 1.165) is 17.2 Å². The molecule has 6 heteroatoms. The maximum atomic E-state index is 13.5. The van der Waals surface area contributed by atoms with Gasteiger partial charge in [0.15, 0.2) is 6.61 Å². The lowest BCUT2D eigenvalue weighted by atomic mass is 10.1. The van der Waals surface area contributed by atoms with Crippen molar-refractivity contribution in [1.29, 1.82) is 0 Å². The Morgan fingerprint density at radius 3 is 2.52 bits per heavy atom. The lowest BCUT2D eigenvalue weighted by Crippen LogP contribution is -2.28. The zero-order valence-electron chi connectivity index (χ0n) is 12.4. The van der Waals surface area contributed by atoms with Crippen molar-refractivity contribution in [1.82, 2.24) is 5.32 Å². The second kappa shape index (κ2) is 7.74. The van der Waals surface area contributed by atoms with Gasteiger partial charge < -0.3 is 10.1 Å². The predicted molar refractivity (Wildman–Crippen MR) is 84.7 cm³/mol. The number of aryl methyl sites for hydroxylation is 1. The Bertz CT molecular complexity index is 696. The largest absolute Gasteiger partial charge is 0.452 e. The fraction of sp³-hybridized carbons (Fsp3) is 0.176. The van der Waals surface area contributed by atoms with Crippen LogP contribution in [-0.4, -0.2) is 18.5 Å². The SMILES string of the molecule is Cc1ccc(CNC(=O)COC(=O)c2c(F)cccc2Cl)cc1. The van der Waals surface area contributed by atoms with Gasteiger partial charge in [-0.1, -0.05) is 47.5 Å². The summed E-state index contributed by atoms with van der Waals surface area (Å²) in [4.78, 5) is 23.4. The first-order chi connectivity index (χ1) is 11.0. The normalized spacial score (nSPS) is 10.2. The lowest BCUT2D eigenvalue weighted by Gasteiger charge is -2.08. The number of benzene rings is 2. The first-order valence-electron chi connectivity index (χ1n) is 6.91. The molecule has 0 aliphatic heterocycles. The number of halogens is 2. The molecular weight excluding hydrogens is 321 g/mol. The fourth-order valence-corrected chi connectivity index (χ4v) is 2.09. The Kier molecular flexibility index (Phi) is 5.71. The van der Waals surface area contributed by atoms with Crippen LogP contribution in [0.15, 0.2) is 42.5 Å². The molecule has 23 heavy (non-hydrogen) atoms. The van der Waals surface area contributed by atoms with Gasteiger partial charge >= 0.3 is 5.97 Å². The van der Waals surface area contributed by atoms with Gasteiger partial charge in [-0.3, -0.25) is 4.79 Å². The van der Waals surface area contributed by atoms with Crippen LogP contribution in [0.1, 0.15) is 21.5 Å². The van der Waals surface area contributed by atoms with Gasteiger partial charge in [-0.05, 0) is 24.6 Å². The summed E-state index contributed by atoms with van der Waals surface area (Å²) < 4.78 is 18.3. The van der Waals surface area contributed by atoms with Crippen LogP contribution in [-0.2, 0) is 16.1 Å². The zero-order chi connectivity index (χ0) is 16.8. The first-order valence-corrected chi connectivity index (χ1v) is 7.28. The van der Waals surface area contributed by atoms with Crippen molar-refractivity contribution < 1.29 is 18.7 Å². The number of esters is 1. The van der Waals surface area contributed by atoms with E-state index in [2.05, 4.69) is 5.32 Å². The fourth-order valence-electron chi connectivity index (χ4n) is 1.85. The molecule has 120 valence electrons. The second-order valence-corrected chi connectivity index (χ2v) is 5.34. The Morgan fingerprint density at radius 1 is 1.17 bits per heavy atom. The molecule has 2 aromatic rings. The Morgan fingerprint density at radius 2 is 1.87 bits per heavy atom.